The van der Waals surface area contributed by atoms with Crippen molar-refractivity contribution in [2.75, 3.05) is 5.75 Å². The Labute approximate surface area is 73.8 Å². The van der Waals surface area contributed by atoms with E-state index in [0.29, 0.717) is 5.92 Å². The summed E-state index contributed by atoms with van der Waals surface area (Å²) in [5.74, 6) is 1.88. The second-order valence-corrected chi connectivity index (χ2v) is 4.50. The smallest absolute Gasteiger partial charge is 0.0188 e. The maximum atomic E-state index is 2.31. The van der Waals surface area contributed by atoms with Crippen molar-refractivity contribution in [3.63, 3.8) is 0 Å². The van der Waals surface area contributed by atoms with Crippen LogP contribution < -0.4 is 0 Å². The Morgan fingerprint density at radius 2 is 2.00 bits per heavy atom. The van der Waals surface area contributed by atoms with Gasteiger partial charge in [0.15, 0.2) is 0 Å². The highest BCUT2D eigenvalue weighted by molar-refractivity contribution is 8.03. The molecule has 0 atom stereocenters. The summed E-state index contributed by atoms with van der Waals surface area (Å²) >= 11 is 2.00. The summed E-state index contributed by atoms with van der Waals surface area (Å²) < 4.78 is 0. The zero-order valence-corrected chi connectivity index (χ0v) is 8.59. The predicted octanol–water partition coefficient (Wildman–Crippen LogP) is 3.61. The van der Waals surface area contributed by atoms with Gasteiger partial charge in [0.2, 0.25) is 0 Å². The van der Waals surface area contributed by atoms with E-state index in [1.165, 1.54) is 16.9 Å². The van der Waals surface area contributed by atoms with Crippen LogP contribution in [0.2, 0.25) is 0 Å². The van der Waals surface area contributed by atoms with E-state index in [2.05, 4.69) is 33.8 Å². The van der Waals surface area contributed by atoms with E-state index in [-0.39, 0.29) is 0 Å². The molecule has 0 spiro atoms. The molecule has 0 aromatic rings. The maximum Gasteiger partial charge on any atom is 0.0188 e. The molecular formula is C10H16S. The van der Waals surface area contributed by atoms with E-state index < -0.39 is 0 Å². The lowest BCUT2D eigenvalue weighted by Gasteiger charge is -2.18. The van der Waals surface area contributed by atoms with Crippen molar-refractivity contribution in [1.82, 2.24) is 0 Å². The average molecular weight is 168 g/mol. The lowest BCUT2D eigenvalue weighted by Crippen LogP contribution is -1.99. The molecular weight excluding hydrogens is 152 g/mol. The summed E-state index contributed by atoms with van der Waals surface area (Å²) in [5.41, 5.74) is 2.96. The van der Waals surface area contributed by atoms with Gasteiger partial charge in [-0.3, -0.25) is 0 Å². The molecule has 0 nitrogen and oxygen atoms in total. The number of hydrogen-bond donors (Lipinski definition) is 0. The molecule has 0 saturated heterocycles. The van der Waals surface area contributed by atoms with Gasteiger partial charge in [-0.25, -0.2) is 0 Å². The monoisotopic (exact) mass is 168 g/mol. The molecule has 0 aromatic carbocycles. The van der Waals surface area contributed by atoms with Crippen molar-refractivity contribution in [2.45, 2.75) is 27.7 Å². The molecule has 1 heteroatoms. The van der Waals surface area contributed by atoms with Crippen molar-refractivity contribution in [1.29, 1.82) is 0 Å². The first-order valence-corrected chi connectivity index (χ1v) is 5.10. The van der Waals surface area contributed by atoms with Gasteiger partial charge in [0.1, 0.15) is 0 Å². The molecule has 1 rings (SSSR count). The lowest BCUT2D eigenvalue weighted by molar-refractivity contribution is 0.808. The fourth-order valence-corrected chi connectivity index (χ4v) is 2.50. The Bertz CT molecular complexity index is 209. The molecule has 0 N–H and O–H groups in total. The maximum absolute atomic E-state index is 2.31. The predicted molar refractivity (Wildman–Crippen MR) is 53.8 cm³/mol. The van der Waals surface area contributed by atoms with E-state index in [0.717, 1.165) is 0 Å². The van der Waals surface area contributed by atoms with Crippen LogP contribution in [-0.2, 0) is 0 Å². The second kappa shape index (κ2) is 3.48. The van der Waals surface area contributed by atoms with Crippen LogP contribution in [-0.4, -0.2) is 5.75 Å². The summed E-state index contributed by atoms with van der Waals surface area (Å²) in [5, 5.41) is 0. The Morgan fingerprint density at radius 3 is 2.45 bits per heavy atom. The third-order valence-corrected chi connectivity index (χ3v) is 3.54. The van der Waals surface area contributed by atoms with Gasteiger partial charge in [0.05, 0.1) is 0 Å². The molecule has 1 aliphatic heterocycles. The first kappa shape index (κ1) is 8.92. The van der Waals surface area contributed by atoms with Gasteiger partial charge in [0, 0.05) is 5.75 Å². The van der Waals surface area contributed by atoms with Crippen LogP contribution in [0.1, 0.15) is 27.7 Å². The topological polar surface area (TPSA) is 0 Å². The van der Waals surface area contributed by atoms with Crippen LogP contribution in [0.15, 0.2) is 22.1 Å². The molecule has 62 valence electrons. The first-order valence-electron chi connectivity index (χ1n) is 4.12. The Balaban J connectivity index is 2.86. The van der Waals surface area contributed by atoms with E-state index >= 15 is 0 Å². The number of allylic oxidation sites excluding steroid dienone is 3. The Kier molecular flexibility index (Phi) is 2.83. The number of rotatable bonds is 1. The molecule has 0 fully saturated rings. The minimum Gasteiger partial charge on any atom is -0.126 e. The minimum atomic E-state index is 0.698. The van der Waals surface area contributed by atoms with Crippen LogP contribution in [0, 0.1) is 5.92 Å². The van der Waals surface area contributed by atoms with Gasteiger partial charge in [-0.2, -0.15) is 0 Å². The zero-order valence-electron chi connectivity index (χ0n) is 7.77. The summed E-state index contributed by atoms with van der Waals surface area (Å²) in [6, 6.07) is 0. The van der Waals surface area contributed by atoms with Gasteiger partial charge in [-0.15, -0.1) is 11.8 Å². The normalized spacial score (nSPS) is 19.2. The molecule has 1 aliphatic rings. The fraction of sp³-hybridized carbons (Fsp3) is 0.600. The van der Waals surface area contributed by atoms with Gasteiger partial charge >= 0.3 is 0 Å². The van der Waals surface area contributed by atoms with Crippen LogP contribution in [0.25, 0.3) is 0 Å². The summed E-state index contributed by atoms with van der Waals surface area (Å²) in [4.78, 5) is 1.57. The highest BCUT2D eigenvalue weighted by atomic mass is 32.2. The molecule has 1 heterocycles. The highest BCUT2D eigenvalue weighted by Crippen LogP contribution is 2.33. The number of thioether (sulfide) groups is 1. The van der Waals surface area contributed by atoms with Crippen LogP contribution in [0.3, 0.4) is 0 Å². The van der Waals surface area contributed by atoms with E-state index in [9.17, 15) is 0 Å². The SMILES string of the molecule is CC1=CC(C)=C(C(C)C)SC1. The van der Waals surface area contributed by atoms with E-state index in [4.69, 9.17) is 0 Å². The highest BCUT2D eigenvalue weighted by Gasteiger charge is 2.11. The van der Waals surface area contributed by atoms with Crippen molar-refractivity contribution in [2.24, 2.45) is 5.92 Å². The minimum absolute atomic E-state index is 0.698. The molecule has 11 heavy (non-hydrogen) atoms. The van der Waals surface area contributed by atoms with Crippen molar-refractivity contribution in [3.05, 3.63) is 22.1 Å². The first-order chi connectivity index (χ1) is 5.11. The van der Waals surface area contributed by atoms with Gasteiger partial charge in [-0.05, 0) is 30.2 Å². The van der Waals surface area contributed by atoms with Crippen molar-refractivity contribution in [3.8, 4) is 0 Å². The largest absolute Gasteiger partial charge is 0.126 e. The fourth-order valence-electron chi connectivity index (χ4n) is 1.41. The van der Waals surface area contributed by atoms with Crippen molar-refractivity contribution >= 4 is 11.8 Å². The molecule has 0 amide bonds. The van der Waals surface area contributed by atoms with Crippen LogP contribution >= 0.6 is 11.8 Å². The van der Waals surface area contributed by atoms with Crippen LogP contribution in [0.5, 0.6) is 0 Å². The molecule has 0 aromatic heterocycles. The number of hydrogen-bond acceptors (Lipinski definition) is 1. The van der Waals surface area contributed by atoms with Gasteiger partial charge < -0.3 is 0 Å². The third-order valence-electron chi connectivity index (χ3n) is 1.83. The molecule has 0 radical (unpaired) electrons. The molecule has 0 saturated carbocycles. The van der Waals surface area contributed by atoms with Crippen LogP contribution in [0.4, 0.5) is 0 Å². The van der Waals surface area contributed by atoms with Crippen molar-refractivity contribution < 1.29 is 0 Å². The molecule has 0 unspecified atom stereocenters. The summed E-state index contributed by atoms with van der Waals surface area (Å²) in [6.07, 6.45) is 2.31. The standard InChI is InChI=1S/C10H16S/c1-7(2)10-9(4)5-8(3)6-11-10/h5,7H,6H2,1-4H3. The summed E-state index contributed by atoms with van der Waals surface area (Å²) in [6.45, 7) is 8.94. The second-order valence-electron chi connectivity index (χ2n) is 3.48. The quantitative estimate of drug-likeness (QED) is 0.576. The third kappa shape index (κ3) is 2.13. The Hall–Kier alpha value is -0.170. The lowest BCUT2D eigenvalue weighted by atomic mass is 10.1. The average Bonchev–Trinajstić information content (AvgIpc) is 1.85. The van der Waals surface area contributed by atoms with Gasteiger partial charge in [0.25, 0.3) is 0 Å². The zero-order chi connectivity index (χ0) is 8.43. The van der Waals surface area contributed by atoms with E-state index in [1.807, 2.05) is 11.8 Å². The molecule has 0 bridgehead atoms. The summed E-state index contributed by atoms with van der Waals surface area (Å²) in [7, 11) is 0. The Morgan fingerprint density at radius 1 is 1.36 bits per heavy atom. The van der Waals surface area contributed by atoms with E-state index in [1.54, 1.807) is 4.91 Å². The van der Waals surface area contributed by atoms with Gasteiger partial charge in [-0.1, -0.05) is 25.5 Å². The molecule has 0 aliphatic carbocycles.